The Hall–Kier alpha value is -0.760. The first-order valence-corrected chi connectivity index (χ1v) is 6.52. The van der Waals surface area contributed by atoms with Crippen molar-refractivity contribution in [3.63, 3.8) is 0 Å². The van der Waals surface area contributed by atoms with Crippen LogP contribution in [0.3, 0.4) is 0 Å². The Labute approximate surface area is 103 Å². The fourth-order valence-corrected chi connectivity index (χ4v) is 1.64. The summed E-state index contributed by atoms with van der Waals surface area (Å²) in [6, 6.07) is 3.96. The van der Waals surface area contributed by atoms with Crippen LogP contribution in [0.1, 0.15) is 44.4 Å². The number of hydrogen-bond donors (Lipinski definition) is 0. The molecule has 0 bridgehead atoms. The average Bonchev–Trinajstić information content (AvgIpc) is 2.34. The number of pyridine rings is 1. The predicted octanol–water partition coefficient (Wildman–Crippen LogP) is 3.95. The number of nitrogens with zero attached hydrogens (tertiary/aromatic N) is 1. The van der Waals surface area contributed by atoms with Crippen molar-refractivity contribution in [2.24, 2.45) is 0 Å². The minimum Gasteiger partial charge on any atom is -0.478 e. The number of ether oxygens (including phenoxy) is 1. The van der Waals surface area contributed by atoms with Crippen molar-refractivity contribution >= 4 is 11.6 Å². The minimum atomic E-state index is 0.515. The highest BCUT2D eigenvalue weighted by Gasteiger charge is 2.02. The number of aryl methyl sites for hydroxylation is 1. The SMILES string of the molecule is CCCCCOc1cc(CCl)cc(CC)n1. The van der Waals surface area contributed by atoms with E-state index in [4.69, 9.17) is 16.3 Å². The first-order chi connectivity index (χ1) is 7.80. The van der Waals surface area contributed by atoms with Crippen molar-refractivity contribution in [2.45, 2.75) is 45.4 Å². The van der Waals surface area contributed by atoms with Gasteiger partial charge in [-0.2, -0.15) is 0 Å². The van der Waals surface area contributed by atoms with Gasteiger partial charge in [-0.15, -0.1) is 11.6 Å². The van der Waals surface area contributed by atoms with Gasteiger partial charge >= 0.3 is 0 Å². The number of halogens is 1. The molecule has 90 valence electrons. The maximum atomic E-state index is 5.83. The molecule has 0 aliphatic carbocycles. The first-order valence-electron chi connectivity index (χ1n) is 5.98. The molecule has 3 heteroatoms. The molecule has 1 heterocycles. The second-order valence-electron chi connectivity index (χ2n) is 3.85. The highest BCUT2D eigenvalue weighted by atomic mass is 35.5. The van der Waals surface area contributed by atoms with Crippen LogP contribution >= 0.6 is 11.6 Å². The van der Waals surface area contributed by atoms with E-state index in [1.165, 1.54) is 12.8 Å². The summed E-state index contributed by atoms with van der Waals surface area (Å²) in [5, 5.41) is 0. The second-order valence-corrected chi connectivity index (χ2v) is 4.11. The Morgan fingerprint density at radius 2 is 2.06 bits per heavy atom. The minimum absolute atomic E-state index is 0.515. The zero-order valence-corrected chi connectivity index (χ0v) is 10.9. The lowest BCUT2D eigenvalue weighted by Gasteiger charge is -2.08. The molecule has 2 nitrogen and oxygen atoms in total. The Bertz CT molecular complexity index is 293. The van der Waals surface area contributed by atoms with E-state index < -0.39 is 0 Å². The van der Waals surface area contributed by atoms with Crippen LogP contribution in [0.2, 0.25) is 0 Å². The van der Waals surface area contributed by atoms with Crippen molar-refractivity contribution in [1.82, 2.24) is 4.98 Å². The Morgan fingerprint density at radius 3 is 2.69 bits per heavy atom. The fraction of sp³-hybridized carbons (Fsp3) is 0.615. The van der Waals surface area contributed by atoms with E-state index in [9.17, 15) is 0 Å². The third kappa shape index (κ3) is 4.40. The molecule has 1 aromatic heterocycles. The molecule has 1 aromatic rings. The monoisotopic (exact) mass is 241 g/mol. The topological polar surface area (TPSA) is 22.1 Å². The lowest BCUT2D eigenvalue weighted by atomic mass is 10.2. The zero-order valence-electron chi connectivity index (χ0n) is 10.1. The number of aromatic nitrogens is 1. The molecular weight excluding hydrogens is 222 g/mol. The van der Waals surface area contributed by atoms with E-state index in [-0.39, 0.29) is 0 Å². The summed E-state index contributed by atoms with van der Waals surface area (Å²) in [5.41, 5.74) is 2.13. The Kier molecular flexibility index (Phi) is 6.24. The number of rotatable bonds is 7. The van der Waals surface area contributed by atoms with Crippen molar-refractivity contribution in [3.8, 4) is 5.88 Å². The molecule has 0 saturated heterocycles. The summed E-state index contributed by atoms with van der Waals surface area (Å²) < 4.78 is 5.62. The van der Waals surface area contributed by atoms with E-state index in [1.807, 2.05) is 12.1 Å². The van der Waals surface area contributed by atoms with Gasteiger partial charge in [0, 0.05) is 17.6 Å². The van der Waals surface area contributed by atoms with Crippen LogP contribution in [-0.4, -0.2) is 11.6 Å². The molecule has 0 N–H and O–H groups in total. The molecule has 0 atom stereocenters. The predicted molar refractivity (Wildman–Crippen MR) is 68.2 cm³/mol. The van der Waals surface area contributed by atoms with Crippen LogP contribution in [-0.2, 0) is 12.3 Å². The van der Waals surface area contributed by atoms with E-state index in [0.29, 0.717) is 11.8 Å². The maximum absolute atomic E-state index is 5.83. The quantitative estimate of drug-likeness (QED) is 0.533. The van der Waals surface area contributed by atoms with Gasteiger partial charge in [0.1, 0.15) is 0 Å². The van der Waals surface area contributed by atoms with Crippen molar-refractivity contribution < 1.29 is 4.74 Å². The highest BCUT2D eigenvalue weighted by Crippen LogP contribution is 2.15. The summed E-state index contributed by atoms with van der Waals surface area (Å²) in [7, 11) is 0. The molecule has 0 aromatic carbocycles. The summed E-state index contributed by atoms with van der Waals surface area (Å²) in [6.45, 7) is 5.01. The largest absolute Gasteiger partial charge is 0.478 e. The van der Waals surface area contributed by atoms with Gasteiger partial charge in [0.2, 0.25) is 5.88 Å². The average molecular weight is 242 g/mol. The lowest BCUT2D eigenvalue weighted by Crippen LogP contribution is -2.01. The molecule has 16 heavy (non-hydrogen) atoms. The van der Waals surface area contributed by atoms with Crippen LogP contribution < -0.4 is 4.74 Å². The number of unbranched alkanes of at least 4 members (excludes halogenated alkanes) is 2. The molecule has 1 rings (SSSR count). The van der Waals surface area contributed by atoms with Gasteiger partial charge in [-0.25, -0.2) is 4.98 Å². The number of alkyl halides is 1. The smallest absolute Gasteiger partial charge is 0.213 e. The fourth-order valence-electron chi connectivity index (χ4n) is 1.48. The van der Waals surface area contributed by atoms with Gasteiger partial charge in [-0.1, -0.05) is 26.7 Å². The normalized spacial score (nSPS) is 10.4. The molecule has 0 aliphatic heterocycles. The van der Waals surface area contributed by atoms with Crippen LogP contribution in [0.5, 0.6) is 5.88 Å². The van der Waals surface area contributed by atoms with Crippen LogP contribution in [0.4, 0.5) is 0 Å². The van der Waals surface area contributed by atoms with Gasteiger partial charge in [0.05, 0.1) is 6.61 Å². The molecule has 0 saturated carbocycles. The number of hydrogen-bond acceptors (Lipinski definition) is 2. The molecular formula is C13H20ClNO. The Balaban J connectivity index is 2.57. The summed E-state index contributed by atoms with van der Waals surface area (Å²) >= 11 is 5.83. The second kappa shape index (κ2) is 7.50. The first kappa shape index (κ1) is 13.3. The maximum Gasteiger partial charge on any atom is 0.213 e. The highest BCUT2D eigenvalue weighted by molar-refractivity contribution is 6.17. The van der Waals surface area contributed by atoms with E-state index in [0.717, 1.165) is 30.7 Å². The van der Waals surface area contributed by atoms with Gasteiger partial charge in [-0.05, 0) is 24.5 Å². The molecule has 0 spiro atoms. The van der Waals surface area contributed by atoms with Gasteiger partial charge in [-0.3, -0.25) is 0 Å². The van der Waals surface area contributed by atoms with Gasteiger partial charge in [0.25, 0.3) is 0 Å². The molecule has 0 fully saturated rings. The summed E-state index contributed by atoms with van der Waals surface area (Å²) in [4.78, 5) is 4.42. The lowest BCUT2D eigenvalue weighted by molar-refractivity contribution is 0.294. The molecule has 0 unspecified atom stereocenters. The standard InChI is InChI=1S/C13H20ClNO/c1-3-5-6-7-16-13-9-11(10-14)8-12(4-2)15-13/h8-9H,3-7,10H2,1-2H3. The zero-order chi connectivity index (χ0) is 11.8. The van der Waals surface area contributed by atoms with E-state index >= 15 is 0 Å². The third-order valence-corrected chi connectivity index (χ3v) is 2.74. The van der Waals surface area contributed by atoms with Crippen molar-refractivity contribution in [3.05, 3.63) is 23.4 Å². The van der Waals surface area contributed by atoms with Gasteiger partial charge < -0.3 is 4.74 Å². The van der Waals surface area contributed by atoms with Crippen LogP contribution in [0, 0.1) is 0 Å². The molecule has 0 radical (unpaired) electrons. The summed E-state index contributed by atoms with van der Waals surface area (Å²) in [6.07, 6.45) is 4.41. The van der Waals surface area contributed by atoms with E-state index in [2.05, 4.69) is 18.8 Å². The van der Waals surface area contributed by atoms with Gasteiger partial charge in [0.15, 0.2) is 0 Å². The van der Waals surface area contributed by atoms with Crippen molar-refractivity contribution in [2.75, 3.05) is 6.61 Å². The van der Waals surface area contributed by atoms with E-state index in [1.54, 1.807) is 0 Å². The molecule has 0 amide bonds. The summed E-state index contributed by atoms with van der Waals surface area (Å²) in [5.74, 6) is 1.23. The Morgan fingerprint density at radius 1 is 1.25 bits per heavy atom. The third-order valence-electron chi connectivity index (χ3n) is 2.43. The van der Waals surface area contributed by atoms with Crippen LogP contribution in [0.15, 0.2) is 12.1 Å². The van der Waals surface area contributed by atoms with Crippen LogP contribution in [0.25, 0.3) is 0 Å². The van der Waals surface area contributed by atoms with Crippen molar-refractivity contribution in [1.29, 1.82) is 0 Å². The molecule has 0 aliphatic rings.